The predicted octanol–water partition coefficient (Wildman–Crippen LogP) is 2.61. The van der Waals surface area contributed by atoms with Crippen molar-refractivity contribution in [2.45, 2.75) is 51.7 Å². The first kappa shape index (κ1) is 25.2. The minimum Gasteiger partial charge on any atom is -0.507 e. The lowest BCUT2D eigenvalue weighted by atomic mass is 9.82. The lowest BCUT2D eigenvalue weighted by Gasteiger charge is -2.39. The van der Waals surface area contributed by atoms with E-state index >= 15 is 0 Å². The first-order valence-corrected chi connectivity index (χ1v) is 12.5. The van der Waals surface area contributed by atoms with Crippen LogP contribution in [0.25, 0.3) is 0 Å². The summed E-state index contributed by atoms with van der Waals surface area (Å²) in [4.78, 5) is 25.7. The summed E-state index contributed by atoms with van der Waals surface area (Å²) in [5, 5.41) is 27.5. The van der Waals surface area contributed by atoms with E-state index in [0.29, 0.717) is 24.2 Å². The van der Waals surface area contributed by atoms with Gasteiger partial charge in [-0.2, -0.15) is 0 Å². The summed E-state index contributed by atoms with van der Waals surface area (Å²) in [6, 6.07) is 7.10. The van der Waals surface area contributed by atoms with Crippen LogP contribution in [0.1, 0.15) is 55.5 Å². The fourth-order valence-electron chi connectivity index (χ4n) is 4.89. The number of nitrogens with one attached hydrogen (secondary N) is 2. The third-order valence-electron chi connectivity index (χ3n) is 7.29. The number of amides is 1. The Morgan fingerprint density at radius 1 is 1.11 bits per heavy atom. The van der Waals surface area contributed by atoms with E-state index in [2.05, 4.69) is 39.3 Å². The Morgan fingerprint density at radius 2 is 1.89 bits per heavy atom. The SMILES string of the molecule is CNc1cc(N2CCC[C@](O)(CNC(=O)c3ccc(CN4CCC(C)(C)CC4)cc3O)C2)ncn1. The summed E-state index contributed by atoms with van der Waals surface area (Å²) >= 11 is 0. The fraction of sp³-hybridized carbons (Fsp3) is 0.577. The topological polar surface area (TPSA) is 114 Å². The molecule has 0 saturated carbocycles. The zero-order valence-corrected chi connectivity index (χ0v) is 21.0. The zero-order valence-electron chi connectivity index (χ0n) is 21.0. The molecule has 0 spiro atoms. The molecule has 2 saturated heterocycles. The van der Waals surface area contributed by atoms with Gasteiger partial charge in [-0.25, -0.2) is 9.97 Å². The van der Waals surface area contributed by atoms with E-state index in [9.17, 15) is 15.0 Å². The highest BCUT2D eigenvalue weighted by Crippen LogP contribution is 2.31. The minimum absolute atomic E-state index is 0.0322. The fourth-order valence-corrected chi connectivity index (χ4v) is 4.89. The van der Waals surface area contributed by atoms with Gasteiger partial charge in [-0.1, -0.05) is 19.9 Å². The van der Waals surface area contributed by atoms with Crippen LogP contribution >= 0.6 is 0 Å². The normalized spacial score (nSPS) is 22.6. The van der Waals surface area contributed by atoms with Gasteiger partial charge in [0.15, 0.2) is 0 Å². The standard InChI is InChI=1S/C26H38N6O3/c1-25(2)8-11-31(12-9-25)15-19-5-6-20(21(33)13-19)24(34)28-16-26(35)7-4-10-32(17-26)23-14-22(27-3)29-18-30-23/h5-6,13-14,18,33,35H,4,7-12,15-17H2,1-3H3,(H,28,34)(H,27,29,30)/t26-/m0/s1. The second-order valence-electron chi connectivity index (χ2n) is 10.7. The molecule has 2 aromatic rings. The Morgan fingerprint density at radius 3 is 2.60 bits per heavy atom. The highest BCUT2D eigenvalue weighted by molar-refractivity contribution is 5.96. The van der Waals surface area contributed by atoms with Crippen LogP contribution < -0.4 is 15.5 Å². The van der Waals surface area contributed by atoms with Crippen LogP contribution in [0.3, 0.4) is 0 Å². The Hall–Kier alpha value is -2.91. The maximum Gasteiger partial charge on any atom is 0.255 e. The molecule has 190 valence electrons. The van der Waals surface area contributed by atoms with Crippen molar-refractivity contribution in [1.29, 1.82) is 0 Å². The summed E-state index contributed by atoms with van der Waals surface area (Å²) < 4.78 is 0. The van der Waals surface area contributed by atoms with Crippen molar-refractivity contribution in [2.24, 2.45) is 5.41 Å². The molecule has 1 aromatic heterocycles. The maximum absolute atomic E-state index is 12.8. The van der Waals surface area contributed by atoms with Crippen molar-refractivity contribution in [2.75, 3.05) is 50.0 Å². The average Bonchev–Trinajstić information content (AvgIpc) is 2.84. The molecule has 1 amide bonds. The molecule has 9 nitrogen and oxygen atoms in total. The molecule has 0 aliphatic carbocycles. The Bertz CT molecular complexity index is 1040. The van der Waals surface area contributed by atoms with Crippen molar-refractivity contribution in [1.82, 2.24) is 20.2 Å². The molecule has 2 aliphatic heterocycles. The number of aromatic hydroxyl groups is 1. The zero-order chi connectivity index (χ0) is 25.1. The summed E-state index contributed by atoms with van der Waals surface area (Å²) in [5.41, 5.74) is 0.520. The number of nitrogens with zero attached hydrogens (tertiary/aromatic N) is 4. The lowest BCUT2D eigenvalue weighted by Crippen LogP contribution is -2.54. The number of carbonyl (C=O) groups is 1. The van der Waals surface area contributed by atoms with Gasteiger partial charge >= 0.3 is 0 Å². The summed E-state index contributed by atoms with van der Waals surface area (Å²) in [7, 11) is 1.80. The van der Waals surface area contributed by atoms with Crippen molar-refractivity contribution in [3.8, 4) is 5.75 Å². The molecule has 4 N–H and O–H groups in total. The molecule has 2 fully saturated rings. The van der Waals surface area contributed by atoms with E-state index in [1.807, 2.05) is 17.0 Å². The van der Waals surface area contributed by atoms with Gasteiger partial charge in [0.05, 0.1) is 11.2 Å². The lowest BCUT2D eigenvalue weighted by molar-refractivity contribution is 0.0254. The minimum atomic E-state index is -1.09. The van der Waals surface area contributed by atoms with Crippen LogP contribution in [-0.2, 0) is 6.54 Å². The van der Waals surface area contributed by atoms with E-state index in [1.54, 1.807) is 19.2 Å². The van der Waals surface area contributed by atoms with Gasteiger partial charge in [-0.3, -0.25) is 9.69 Å². The number of aliphatic hydroxyl groups is 1. The van der Waals surface area contributed by atoms with Crippen LogP contribution in [-0.4, -0.2) is 76.4 Å². The van der Waals surface area contributed by atoms with E-state index < -0.39 is 5.60 Å². The summed E-state index contributed by atoms with van der Waals surface area (Å²) in [6.07, 6.45) is 5.17. The number of β-amino-alcohol motifs (C(OH)–C–C–N with tert-alkyl or cyclic N) is 1. The Balaban J connectivity index is 1.33. The van der Waals surface area contributed by atoms with Crippen molar-refractivity contribution in [3.05, 3.63) is 41.7 Å². The van der Waals surface area contributed by atoms with Gasteiger partial charge < -0.3 is 25.7 Å². The van der Waals surface area contributed by atoms with Crippen LogP contribution in [0, 0.1) is 5.41 Å². The third kappa shape index (κ3) is 6.41. The number of hydrogen-bond donors (Lipinski definition) is 4. The molecule has 4 rings (SSSR count). The van der Waals surface area contributed by atoms with Gasteiger partial charge in [-0.15, -0.1) is 0 Å². The molecule has 2 aliphatic rings. The number of carbonyl (C=O) groups excluding carboxylic acids is 1. The monoisotopic (exact) mass is 482 g/mol. The molecule has 0 bridgehead atoms. The van der Waals surface area contributed by atoms with Crippen LogP contribution in [0.5, 0.6) is 5.75 Å². The largest absolute Gasteiger partial charge is 0.507 e. The van der Waals surface area contributed by atoms with Crippen molar-refractivity contribution < 1.29 is 15.0 Å². The number of aromatic nitrogens is 2. The van der Waals surface area contributed by atoms with Gasteiger partial charge in [0.25, 0.3) is 5.91 Å². The molecule has 35 heavy (non-hydrogen) atoms. The number of phenols is 1. The average molecular weight is 483 g/mol. The molecule has 3 heterocycles. The number of likely N-dealkylation sites (tertiary alicyclic amines) is 1. The predicted molar refractivity (Wildman–Crippen MR) is 137 cm³/mol. The third-order valence-corrected chi connectivity index (χ3v) is 7.29. The highest BCUT2D eigenvalue weighted by atomic mass is 16.3. The van der Waals surface area contributed by atoms with E-state index in [4.69, 9.17) is 0 Å². The van der Waals surface area contributed by atoms with Crippen molar-refractivity contribution >= 4 is 17.5 Å². The smallest absolute Gasteiger partial charge is 0.255 e. The first-order chi connectivity index (χ1) is 16.7. The van der Waals surface area contributed by atoms with Gasteiger partial charge in [0, 0.05) is 39.3 Å². The molecule has 1 atom stereocenters. The number of piperidine rings is 2. The molecule has 9 heteroatoms. The number of phenolic OH excluding ortho intramolecular Hbond substituents is 1. The van der Waals surface area contributed by atoms with Gasteiger partial charge in [0.2, 0.25) is 0 Å². The van der Waals surface area contributed by atoms with Gasteiger partial charge in [0.1, 0.15) is 23.7 Å². The first-order valence-electron chi connectivity index (χ1n) is 12.5. The van der Waals surface area contributed by atoms with Gasteiger partial charge in [-0.05, 0) is 61.9 Å². The Labute approximate surface area is 207 Å². The van der Waals surface area contributed by atoms with E-state index in [0.717, 1.165) is 56.8 Å². The van der Waals surface area contributed by atoms with Crippen LogP contribution in [0.4, 0.5) is 11.6 Å². The second kappa shape index (κ2) is 10.4. The number of hydrogen-bond acceptors (Lipinski definition) is 8. The van der Waals surface area contributed by atoms with Crippen molar-refractivity contribution in [3.63, 3.8) is 0 Å². The molecule has 0 unspecified atom stereocenters. The van der Waals surface area contributed by atoms with E-state index in [1.165, 1.54) is 6.33 Å². The molecular formula is C26H38N6O3. The second-order valence-corrected chi connectivity index (χ2v) is 10.7. The molecular weight excluding hydrogens is 444 g/mol. The quantitative estimate of drug-likeness (QED) is 0.476. The Kier molecular flexibility index (Phi) is 7.47. The van der Waals surface area contributed by atoms with Crippen LogP contribution in [0.2, 0.25) is 0 Å². The number of rotatable bonds is 7. The summed E-state index contributed by atoms with van der Waals surface area (Å²) in [5.74, 6) is 1.02. The van der Waals surface area contributed by atoms with E-state index in [-0.39, 0.29) is 23.8 Å². The summed E-state index contributed by atoms with van der Waals surface area (Å²) in [6.45, 7) is 8.67. The maximum atomic E-state index is 12.8. The number of benzene rings is 1. The molecule has 1 aromatic carbocycles. The highest BCUT2D eigenvalue weighted by Gasteiger charge is 2.34. The molecule has 0 radical (unpaired) electrons. The number of anilines is 2. The van der Waals surface area contributed by atoms with Crippen LogP contribution in [0.15, 0.2) is 30.6 Å².